The van der Waals surface area contributed by atoms with Gasteiger partial charge in [0, 0.05) is 19.4 Å². The first-order valence-corrected chi connectivity index (χ1v) is 20.2. The molecule has 3 heterocycles. The van der Waals surface area contributed by atoms with Crippen molar-refractivity contribution in [3.8, 4) is 0 Å². The summed E-state index contributed by atoms with van der Waals surface area (Å²) < 4.78 is 20.5. The predicted octanol–water partition coefficient (Wildman–Crippen LogP) is 4.18. The molecule has 0 radical (unpaired) electrons. The number of aromatic nitrogens is 2. The second kappa shape index (κ2) is 10.4. The fraction of sp³-hybridized carbons (Fsp3) is 0.857. The second-order valence-corrected chi connectivity index (χ2v) is 25.4. The van der Waals surface area contributed by atoms with Crippen LogP contribution in [0, 0.1) is 0 Å². The fourth-order valence-corrected chi connectivity index (χ4v) is 9.81. The van der Waals surface area contributed by atoms with E-state index >= 15 is 0 Å². The first-order chi connectivity index (χ1) is 17.6. The third kappa shape index (κ3) is 5.38. The molecule has 0 amide bonds. The van der Waals surface area contributed by atoms with Crippen LogP contribution >= 0.6 is 0 Å². The number of hydrogen-bond donors (Lipinski definition) is 2. The zero-order chi connectivity index (χ0) is 29.9. The molecule has 0 bridgehead atoms. The lowest BCUT2D eigenvalue weighted by Gasteiger charge is -2.51. The zero-order valence-electron chi connectivity index (χ0n) is 26.4. The number of hydrogen-bond acceptors (Lipinski definition) is 7. The van der Waals surface area contributed by atoms with E-state index in [2.05, 4.69) is 79.8 Å². The van der Waals surface area contributed by atoms with E-state index in [1.807, 2.05) is 0 Å². The van der Waals surface area contributed by atoms with Crippen molar-refractivity contribution in [2.75, 3.05) is 33.9 Å². The monoisotopic (exact) mass is 584 g/mol. The average Bonchev–Trinajstić information content (AvgIpc) is 3.04. The number of quaternary nitrogens is 1. The van der Waals surface area contributed by atoms with Gasteiger partial charge in [0.25, 0.3) is 5.91 Å². The van der Waals surface area contributed by atoms with Crippen molar-refractivity contribution in [3.63, 3.8) is 0 Å². The Morgan fingerprint density at radius 1 is 1.08 bits per heavy atom. The number of ether oxygens (including phenoxy) is 2. The zero-order valence-corrected chi connectivity index (χ0v) is 28.4. The molecule has 2 aliphatic rings. The maximum absolute atomic E-state index is 13.5. The molecule has 0 saturated carbocycles. The minimum Gasteiger partial charge on any atom is -0.414 e. The van der Waals surface area contributed by atoms with Crippen LogP contribution in [0.25, 0.3) is 0 Å². The topological polar surface area (TPSA) is 103 Å². The SMILES string of the molecule is CO[C@H]1C(O)(n2ccc([N+]3(C)CCCCC3)nc2=O)O[C@H](CO[Si](C)(C)C(C)(C)C)[C@]1(O)[Si](C)(C)C(C)(C)C. The van der Waals surface area contributed by atoms with E-state index in [0.29, 0.717) is 10.3 Å². The Morgan fingerprint density at radius 3 is 2.10 bits per heavy atom. The quantitative estimate of drug-likeness (QED) is 0.366. The van der Waals surface area contributed by atoms with Crippen LogP contribution in [-0.2, 0) is 19.8 Å². The minimum absolute atomic E-state index is 0.0537. The summed E-state index contributed by atoms with van der Waals surface area (Å²) in [6, 6.07) is 1.78. The Balaban J connectivity index is 2.12. The van der Waals surface area contributed by atoms with Crippen LogP contribution in [0.5, 0.6) is 0 Å². The molecular weight excluding hydrogens is 530 g/mol. The molecular formula is C28H54N3O6Si2+. The number of likely N-dealkylation sites (tertiary alicyclic amines) is 1. The molecule has 9 nitrogen and oxygen atoms in total. The maximum atomic E-state index is 13.5. The number of rotatable bonds is 7. The van der Waals surface area contributed by atoms with Gasteiger partial charge in [-0.05, 0) is 42.4 Å². The molecule has 2 aliphatic heterocycles. The molecule has 11 heteroatoms. The van der Waals surface area contributed by atoms with E-state index in [9.17, 15) is 15.0 Å². The van der Waals surface area contributed by atoms with Crippen molar-refractivity contribution in [1.82, 2.24) is 14.0 Å². The van der Waals surface area contributed by atoms with Crippen LogP contribution in [0.1, 0.15) is 60.8 Å². The fourth-order valence-electron chi connectivity index (χ4n) is 5.70. The van der Waals surface area contributed by atoms with Gasteiger partial charge in [0.2, 0.25) is 5.82 Å². The van der Waals surface area contributed by atoms with Crippen molar-refractivity contribution in [2.45, 2.75) is 120 Å². The number of piperidine rings is 1. The highest BCUT2D eigenvalue weighted by Gasteiger charge is 2.73. The molecule has 2 saturated heterocycles. The van der Waals surface area contributed by atoms with Crippen LogP contribution < -0.4 is 10.2 Å². The van der Waals surface area contributed by atoms with Crippen molar-refractivity contribution >= 4 is 22.2 Å². The lowest BCUT2D eigenvalue weighted by Crippen LogP contribution is -2.71. The Bertz CT molecular complexity index is 1090. The van der Waals surface area contributed by atoms with E-state index in [0.717, 1.165) is 30.5 Å². The summed E-state index contributed by atoms with van der Waals surface area (Å²) in [5, 5.41) is 23.0. The van der Waals surface area contributed by atoms with Gasteiger partial charge in [0.15, 0.2) is 14.4 Å². The van der Waals surface area contributed by atoms with E-state index in [-0.39, 0.29) is 16.7 Å². The smallest absolute Gasteiger partial charge is 0.356 e. The van der Waals surface area contributed by atoms with Crippen LogP contribution in [0.15, 0.2) is 17.1 Å². The van der Waals surface area contributed by atoms with Crippen molar-refractivity contribution in [2.24, 2.45) is 0 Å². The molecule has 4 atom stereocenters. The molecule has 2 N–H and O–H groups in total. The van der Waals surface area contributed by atoms with Gasteiger partial charge in [-0.2, -0.15) is 0 Å². The molecule has 1 aromatic heterocycles. The van der Waals surface area contributed by atoms with Crippen molar-refractivity contribution < 1.29 is 24.1 Å². The summed E-state index contributed by atoms with van der Waals surface area (Å²) in [6.45, 7) is 23.1. The van der Waals surface area contributed by atoms with E-state index in [1.165, 1.54) is 19.7 Å². The summed E-state index contributed by atoms with van der Waals surface area (Å²) in [4.78, 5) is 18.0. The summed E-state index contributed by atoms with van der Waals surface area (Å²) >= 11 is 0. The van der Waals surface area contributed by atoms with Gasteiger partial charge >= 0.3 is 5.69 Å². The van der Waals surface area contributed by atoms with Gasteiger partial charge in [-0.1, -0.05) is 54.6 Å². The molecule has 1 aromatic rings. The maximum Gasteiger partial charge on any atom is 0.356 e. The molecule has 39 heavy (non-hydrogen) atoms. The van der Waals surface area contributed by atoms with Crippen LogP contribution in [0.3, 0.4) is 0 Å². The first kappa shape index (κ1) is 32.6. The second-order valence-electron chi connectivity index (χ2n) is 15.0. The molecule has 0 spiro atoms. The lowest BCUT2D eigenvalue weighted by molar-refractivity contribution is -0.295. The van der Waals surface area contributed by atoms with Crippen LogP contribution in [0.4, 0.5) is 5.82 Å². The van der Waals surface area contributed by atoms with E-state index in [4.69, 9.17) is 13.9 Å². The first-order valence-electron chi connectivity index (χ1n) is 14.3. The Kier molecular flexibility index (Phi) is 8.70. The number of methoxy groups -OCH3 is 1. The standard InChI is InChI=1S/C28H54N3O6Si2/c1-25(2,3)38(9,10)27(33)21(20-36-39(11,12)26(4,5)6)37-28(34,23(27)35-8)30-17-16-22(29-24(30)32)31(7)18-14-13-15-19-31/h16-17,21,23,33-34H,13-15,18-20H2,1-12H3/q+1/t21-,23-,27+,28?/m1/s1. The Morgan fingerprint density at radius 2 is 1.64 bits per heavy atom. The van der Waals surface area contributed by atoms with Gasteiger partial charge < -0.3 is 24.1 Å². The molecule has 3 rings (SSSR count). The Labute approximate surface area is 237 Å². The molecule has 1 unspecified atom stereocenters. The average molecular weight is 585 g/mol. The molecule has 2 fully saturated rings. The normalized spacial score (nSPS) is 30.5. The highest BCUT2D eigenvalue weighted by Crippen LogP contribution is 2.54. The lowest BCUT2D eigenvalue weighted by atomic mass is 10.1. The number of aliphatic hydroxyl groups is 2. The van der Waals surface area contributed by atoms with Gasteiger partial charge in [0.1, 0.15) is 11.3 Å². The van der Waals surface area contributed by atoms with E-state index < -0.39 is 45.4 Å². The third-order valence-corrected chi connectivity index (χ3v) is 21.4. The van der Waals surface area contributed by atoms with Crippen LogP contribution in [0.2, 0.25) is 36.3 Å². The summed E-state index contributed by atoms with van der Waals surface area (Å²) in [6.07, 6.45) is 2.73. The summed E-state index contributed by atoms with van der Waals surface area (Å²) in [5.74, 6) is -1.59. The molecule has 0 aliphatic carbocycles. The van der Waals surface area contributed by atoms with Crippen LogP contribution in [-0.4, -0.2) is 87.4 Å². The minimum atomic E-state index is -2.73. The van der Waals surface area contributed by atoms with Crippen molar-refractivity contribution in [1.29, 1.82) is 0 Å². The summed E-state index contributed by atoms with van der Waals surface area (Å²) in [5.41, 5.74) is -0.634. The van der Waals surface area contributed by atoms with Crippen molar-refractivity contribution in [3.05, 3.63) is 22.7 Å². The molecule has 224 valence electrons. The largest absolute Gasteiger partial charge is 0.414 e. The Hall–Kier alpha value is -0.926. The van der Waals surface area contributed by atoms with Gasteiger partial charge in [-0.15, -0.1) is 4.98 Å². The van der Waals surface area contributed by atoms with Gasteiger partial charge in [0.05, 0.1) is 34.8 Å². The van der Waals surface area contributed by atoms with Gasteiger partial charge in [-0.25, -0.2) is 9.36 Å². The highest BCUT2D eigenvalue weighted by atomic mass is 28.4. The van der Waals surface area contributed by atoms with Gasteiger partial charge in [-0.3, -0.25) is 4.48 Å². The predicted molar refractivity (Wildman–Crippen MR) is 161 cm³/mol. The molecule has 0 aromatic carbocycles. The number of nitrogens with zero attached hydrogens (tertiary/aromatic N) is 3. The third-order valence-electron chi connectivity index (χ3n) is 10.6. The highest BCUT2D eigenvalue weighted by molar-refractivity contribution is 6.83. The van der Waals surface area contributed by atoms with E-state index in [1.54, 1.807) is 6.07 Å². The summed E-state index contributed by atoms with van der Waals surface area (Å²) in [7, 11) is -1.42.